The van der Waals surface area contributed by atoms with Crippen molar-refractivity contribution in [3.8, 4) is 11.5 Å². The number of methoxy groups -OCH3 is 2. The third-order valence-electron chi connectivity index (χ3n) is 4.16. The van der Waals surface area contributed by atoms with E-state index in [1.165, 1.54) is 37.1 Å². The zero-order chi connectivity index (χ0) is 14.5. The summed E-state index contributed by atoms with van der Waals surface area (Å²) in [5.74, 6) is 1.88. The van der Waals surface area contributed by atoms with Crippen LogP contribution < -0.4 is 9.47 Å². The normalized spacial score (nSPS) is 17.4. The van der Waals surface area contributed by atoms with Gasteiger partial charge in [0.05, 0.1) is 14.2 Å². The van der Waals surface area contributed by atoms with Gasteiger partial charge in [-0.3, -0.25) is 4.90 Å². The van der Waals surface area contributed by atoms with E-state index >= 15 is 0 Å². The molecule has 2 rings (SSSR count). The predicted octanol–water partition coefficient (Wildman–Crippen LogP) is 3.29. The SMILES string of the molecule is CCCN(CCC)C1Cc2cc(OC)cc(OC)c2C1. The molecule has 1 aromatic carbocycles. The number of rotatable bonds is 7. The predicted molar refractivity (Wildman–Crippen MR) is 82.9 cm³/mol. The van der Waals surface area contributed by atoms with Crippen molar-refractivity contribution >= 4 is 0 Å². The highest BCUT2D eigenvalue weighted by Gasteiger charge is 2.29. The Kier molecular flexibility index (Phi) is 5.30. The zero-order valence-corrected chi connectivity index (χ0v) is 13.2. The van der Waals surface area contributed by atoms with Gasteiger partial charge < -0.3 is 9.47 Å². The first kappa shape index (κ1) is 15.2. The summed E-state index contributed by atoms with van der Waals surface area (Å²) in [4.78, 5) is 2.63. The lowest BCUT2D eigenvalue weighted by atomic mass is 10.1. The van der Waals surface area contributed by atoms with E-state index in [0.29, 0.717) is 6.04 Å². The van der Waals surface area contributed by atoms with E-state index in [-0.39, 0.29) is 0 Å². The van der Waals surface area contributed by atoms with Crippen LogP contribution in [0.5, 0.6) is 11.5 Å². The van der Waals surface area contributed by atoms with Crippen molar-refractivity contribution in [1.82, 2.24) is 4.90 Å². The van der Waals surface area contributed by atoms with E-state index in [2.05, 4.69) is 24.8 Å². The second-order valence-electron chi connectivity index (χ2n) is 5.57. The lowest BCUT2D eigenvalue weighted by Crippen LogP contribution is -2.37. The van der Waals surface area contributed by atoms with E-state index in [4.69, 9.17) is 9.47 Å². The topological polar surface area (TPSA) is 21.7 Å². The molecule has 3 heteroatoms. The van der Waals surface area contributed by atoms with Gasteiger partial charge in [0.1, 0.15) is 11.5 Å². The molecule has 0 heterocycles. The van der Waals surface area contributed by atoms with Gasteiger partial charge in [0.25, 0.3) is 0 Å². The molecule has 0 amide bonds. The van der Waals surface area contributed by atoms with Gasteiger partial charge in [-0.2, -0.15) is 0 Å². The number of nitrogens with zero attached hydrogens (tertiary/aromatic N) is 1. The van der Waals surface area contributed by atoms with Gasteiger partial charge in [0.2, 0.25) is 0 Å². The molecule has 0 saturated carbocycles. The Morgan fingerprint density at radius 2 is 1.75 bits per heavy atom. The Morgan fingerprint density at radius 1 is 1.05 bits per heavy atom. The van der Waals surface area contributed by atoms with Crippen LogP contribution in [0, 0.1) is 0 Å². The van der Waals surface area contributed by atoms with E-state index in [1.807, 2.05) is 6.07 Å². The lowest BCUT2D eigenvalue weighted by molar-refractivity contribution is 0.201. The average molecular weight is 277 g/mol. The Labute approximate surface area is 122 Å². The number of fused-ring (bicyclic) bond motifs is 1. The number of hydrogen-bond donors (Lipinski definition) is 0. The van der Waals surface area contributed by atoms with E-state index in [9.17, 15) is 0 Å². The highest BCUT2D eigenvalue weighted by atomic mass is 16.5. The lowest BCUT2D eigenvalue weighted by Gasteiger charge is -2.27. The minimum Gasteiger partial charge on any atom is -0.497 e. The van der Waals surface area contributed by atoms with Gasteiger partial charge in [-0.1, -0.05) is 13.8 Å². The number of benzene rings is 1. The molecule has 0 aliphatic heterocycles. The summed E-state index contributed by atoms with van der Waals surface area (Å²) < 4.78 is 10.9. The molecule has 1 aromatic rings. The largest absolute Gasteiger partial charge is 0.497 e. The van der Waals surface area contributed by atoms with Gasteiger partial charge in [0.15, 0.2) is 0 Å². The molecule has 0 spiro atoms. The maximum absolute atomic E-state index is 5.55. The second-order valence-corrected chi connectivity index (χ2v) is 5.57. The van der Waals surface area contributed by atoms with E-state index in [1.54, 1.807) is 14.2 Å². The Morgan fingerprint density at radius 3 is 2.30 bits per heavy atom. The summed E-state index contributed by atoms with van der Waals surface area (Å²) in [6, 6.07) is 4.80. The molecule has 112 valence electrons. The van der Waals surface area contributed by atoms with Crippen LogP contribution >= 0.6 is 0 Å². The molecule has 0 bridgehead atoms. The quantitative estimate of drug-likeness (QED) is 0.763. The maximum atomic E-state index is 5.55. The molecule has 1 unspecified atom stereocenters. The average Bonchev–Trinajstić information content (AvgIpc) is 2.89. The monoisotopic (exact) mass is 277 g/mol. The molecular formula is C17H27NO2. The third kappa shape index (κ3) is 3.09. The zero-order valence-electron chi connectivity index (χ0n) is 13.2. The van der Waals surface area contributed by atoms with Crippen LogP contribution in [0.2, 0.25) is 0 Å². The van der Waals surface area contributed by atoms with Crippen LogP contribution in [0.15, 0.2) is 12.1 Å². The summed E-state index contributed by atoms with van der Waals surface area (Å²) in [5.41, 5.74) is 2.76. The standard InChI is InChI=1S/C17H27NO2/c1-5-7-18(8-6-2)14-9-13-10-15(19-3)12-17(20-4)16(13)11-14/h10,12,14H,5-9,11H2,1-4H3. The third-order valence-corrected chi connectivity index (χ3v) is 4.16. The van der Waals surface area contributed by atoms with Crippen molar-refractivity contribution in [2.45, 2.75) is 45.6 Å². The van der Waals surface area contributed by atoms with Crippen molar-refractivity contribution in [3.05, 3.63) is 23.3 Å². The molecule has 0 fully saturated rings. The van der Waals surface area contributed by atoms with Crippen molar-refractivity contribution in [2.24, 2.45) is 0 Å². The molecule has 0 aromatic heterocycles. The molecule has 1 atom stereocenters. The summed E-state index contributed by atoms with van der Waals surface area (Å²) in [6.45, 7) is 6.89. The van der Waals surface area contributed by atoms with Gasteiger partial charge in [-0.05, 0) is 56.0 Å². The molecular weight excluding hydrogens is 250 g/mol. The Bertz CT molecular complexity index is 439. The summed E-state index contributed by atoms with van der Waals surface area (Å²) >= 11 is 0. The molecule has 0 radical (unpaired) electrons. The highest BCUT2D eigenvalue weighted by molar-refractivity contribution is 5.50. The second kappa shape index (κ2) is 6.98. The fourth-order valence-corrected chi connectivity index (χ4v) is 3.26. The summed E-state index contributed by atoms with van der Waals surface area (Å²) in [6.07, 6.45) is 4.64. The highest BCUT2D eigenvalue weighted by Crippen LogP contribution is 2.36. The fourth-order valence-electron chi connectivity index (χ4n) is 3.26. The Hall–Kier alpha value is -1.22. The van der Waals surface area contributed by atoms with Gasteiger partial charge >= 0.3 is 0 Å². The minimum absolute atomic E-state index is 0.617. The van der Waals surface area contributed by atoms with Crippen molar-refractivity contribution in [1.29, 1.82) is 0 Å². The van der Waals surface area contributed by atoms with Crippen molar-refractivity contribution < 1.29 is 9.47 Å². The molecule has 0 saturated heterocycles. The van der Waals surface area contributed by atoms with Crippen LogP contribution in [-0.4, -0.2) is 38.3 Å². The summed E-state index contributed by atoms with van der Waals surface area (Å²) in [7, 11) is 3.46. The van der Waals surface area contributed by atoms with Crippen LogP contribution in [0.25, 0.3) is 0 Å². The van der Waals surface area contributed by atoms with Crippen LogP contribution in [0.4, 0.5) is 0 Å². The van der Waals surface area contributed by atoms with Crippen molar-refractivity contribution in [2.75, 3.05) is 27.3 Å². The number of hydrogen-bond acceptors (Lipinski definition) is 3. The first-order chi connectivity index (χ1) is 9.73. The molecule has 1 aliphatic carbocycles. The Balaban J connectivity index is 2.20. The molecule has 1 aliphatic rings. The molecule has 3 nitrogen and oxygen atoms in total. The van der Waals surface area contributed by atoms with Gasteiger partial charge in [0, 0.05) is 12.1 Å². The smallest absolute Gasteiger partial charge is 0.126 e. The van der Waals surface area contributed by atoms with Gasteiger partial charge in [-0.15, -0.1) is 0 Å². The first-order valence-corrected chi connectivity index (χ1v) is 7.71. The molecule has 0 N–H and O–H groups in total. The summed E-state index contributed by atoms with van der Waals surface area (Å²) in [5, 5.41) is 0. The maximum Gasteiger partial charge on any atom is 0.126 e. The van der Waals surface area contributed by atoms with E-state index in [0.717, 1.165) is 24.3 Å². The number of ether oxygens (including phenoxy) is 2. The fraction of sp³-hybridized carbons (Fsp3) is 0.647. The minimum atomic E-state index is 0.617. The van der Waals surface area contributed by atoms with Crippen LogP contribution in [0.1, 0.15) is 37.8 Å². The van der Waals surface area contributed by atoms with Crippen molar-refractivity contribution in [3.63, 3.8) is 0 Å². The van der Waals surface area contributed by atoms with E-state index < -0.39 is 0 Å². The molecule has 20 heavy (non-hydrogen) atoms. The first-order valence-electron chi connectivity index (χ1n) is 7.71. The van der Waals surface area contributed by atoms with Crippen LogP contribution in [0.3, 0.4) is 0 Å². The van der Waals surface area contributed by atoms with Crippen LogP contribution in [-0.2, 0) is 12.8 Å². The van der Waals surface area contributed by atoms with Gasteiger partial charge in [-0.25, -0.2) is 0 Å².